The van der Waals surface area contributed by atoms with E-state index in [1.165, 1.54) is 6.33 Å². The summed E-state index contributed by atoms with van der Waals surface area (Å²) in [5.74, 6) is 3.51. The van der Waals surface area contributed by atoms with Gasteiger partial charge >= 0.3 is 0 Å². The molecule has 5 nitrogen and oxygen atoms in total. The molecule has 3 rings (SSSR count). The number of aryl methyl sites for hydroxylation is 1. The number of terminal acetylenes is 1. The quantitative estimate of drug-likeness (QED) is 0.677. The molecule has 96 valence electrons. The van der Waals surface area contributed by atoms with Gasteiger partial charge in [-0.3, -0.25) is 0 Å². The van der Waals surface area contributed by atoms with Gasteiger partial charge in [0.2, 0.25) is 0 Å². The van der Waals surface area contributed by atoms with Gasteiger partial charge in [-0.1, -0.05) is 12.0 Å². The summed E-state index contributed by atoms with van der Waals surface area (Å²) in [4.78, 5) is 16.8. The van der Waals surface area contributed by atoms with Crippen LogP contribution in [0.25, 0.3) is 22.4 Å². The third kappa shape index (κ3) is 1.93. The van der Waals surface area contributed by atoms with Crippen LogP contribution in [0.3, 0.4) is 0 Å². The number of anilines is 1. The Morgan fingerprint density at radius 2 is 2.05 bits per heavy atom. The zero-order chi connectivity index (χ0) is 14.1. The molecule has 0 aliphatic carbocycles. The second kappa shape index (κ2) is 4.59. The molecule has 20 heavy (non-hydrogen) atoms. The van der Waals surface area contributed by atoms with E-state index in [2.05, 4.69) is 25.9 Å². The molecule has 0 atom stereocenters. The van der Waals surface area contributed by atoms with Crippen LogP contribution in [0.1, 0.15) is 11.1 Å². The molecule has 0 bridgehead atoms. The highest BCUT2D eigenvalue weighted by molar-refractivity contribution is 5.84. The monoisotopic (exact) mass is 261 g/mol. The van der Waals surface area contributed by atoms with Crippen LogP contribution in [-0.2, 0) is 0 Å². The third-order valence-electron chi connectivity index (χ3n) is 3.05. The molecular formula is C15H11N5. The van der Waals surface area contributed by atoms with E-state index < -0.39 is 0 Å². The van der Waals surface area contributed by atoms with Crippen molar-refractivity contribution in [3.8, 4) is 23.7 Å². The lowest BCUT2D eigenvalue weighted by Crippen LogP contribution is -1.99. The van der Waals surface area contributed by atoms with E-state index in [0.29, 0.717) is 22.7 Å². The zero-order valence-corrected chi connectivity index (χ0v) is 10.8. The van der Waals surface area contributed by atoms with Crippen molar-refractivity contribution in [2.24, 2.45) is 0 Å². The maximum absolute atomic E-state index is 5.82. The number of rotatable bonds is 1. The first-order valence-electron chi connectivity index (χ1n) is 6.00. The Morgan fingerprint density at radius 1 is 1.20 bits per heavy atom. The number of benzene rings is 1. The van der Waals surface area contributed by atoms with Crippen molar-refractivity contribution < 1.29 is 0 Å². The second-order valence-electron chi connectivity index (χ2n) is 4.36. The average Bonchev–Trinajstić information content (AvgIpc) is 2.48. The standard InChI is InChI=1S/C15H11N5/c1-3-10-5-4-9(2)11(6-10)15-17-7-12-13(20-15)14(16)19-8-18-12/h1,4-8H,2H3,(H2,16,18,19). The maximum Gasteiger partial charge on any atom is 0.160 e. The number of nitrogens with two attached hydrogens (primary N) is 1. The average molecular weight is 261 g/mol. The minimum absolute atomic E-state index is 0.337. The fraction of sp³-hybridized carbons (Fsp3) is 0.0667. The number of nitrogen functional groups attached to an aromatic ring is 1. The molecule has 0 saturated heterocycles. The topological polar surface area (TPSA) is 77.6 Å². The molecule has 0 aliphatic heterocycles. The molecule has 5 heteroatoms. The second-order valence-corrected chi connectivity index (χ2v) is 4.36. The predicted octanol–water partition coefficient (Wildman–Crippen LogP) is 1.96. The van der Waals surface area contributed by atoms with Crippen molar-refractivity contribution in [2.75, 3.05) is 5.73 Å². The van der Waals surface area contributed by atoms with Crippen LogP contribution in [0.2, 0.25) is 0 Å². The van der Waals surface area contributed by atoms with Crippen molar-refractivity contribution in [1.29, 1.82) is 0 Å². The van der Waals surface area contributed by atoms with Crippen LogP contribution in [0, 0.1) is 19.3 Å². The predicted molar refractivity (Wildman–Crippen MR) is 77.6 cm³/mol. The first-order chi connectivity index (χ1) is 9.69. The Morgan fingerprint density at radius 3 is 2.85 bits per heavy atom. The van der Waals surface area contributed by atoms with Crippen LogP contribution in [-0.4, -0.2) is 19.9 Å². The Kier molecular flexibility index (Phi) is 2.77. The highest BCUT2D eigenvalue weighted by Gasteiger charge is 2.09. The Balaban J connectivity index is 2.25. The number of fused-ring (bicyclic) bond motifs is 1. The molecule has 0 radical (unpaired) electrons. The molecule has 2 aromatic heterocycles. The summed E-state index contributed by atoms with van der Waals surface area (Å²) >= 11 is 0. The molecule has 0 fully saturated rings. The summed E-state index contributed by atoms with van der Waals surface area (Å²) in [5, 5.41) is 0. The van der Waals surface area contributed by atoms with Gasteiger partial charge in [0, 0.05) is 11.1 Å². The maximum atomic E-state index is 5.82. The molecule has 0 unspecified atom stereocenters. The lowest BCUT2D eigenvalue weighted by atomic mass is 10.0. The minimum Gasteiger partial charge on any atom is -0.382 e. The summed E-state index contributed by atoms with van der Waals surface area (Å²) in [5.41, 5.74) is 9.69. The first kappa shape index (κ1) is 12.1. The smallest absolute Gasteiger partial charge is 0.160 e. The van der Waals surface area contributed by atoms with E-state index in [9.17, 15) is 0 Å². The van der Waals surface area contributed by atoms with Crippen LogP contribution in [0.4, 0.5) is 5.82 Å². The highest BCUT2D eigenvalue weighted by Crippen LogP contribution is 2.23. The van der Waals surface area contributed by atoms with Gasteiger partial charge in [0.25, 0.3) is 0 Å². The lowest BCUT2D eigenvalue weighted by molar-refractivity contribution is 1.15. The third-order valence-corrected chi connectivity index (χ3v) is 3.05. The van der Waals surface area contributed by atoms with Gasteiger partial charge in [0.15, 0.2) is 11.6 Å². The molecule has 1 aromatic carbocycles. The molecule has 2 N–H and O–H groups in total. The number of nitrogens with zero attached hydrogens (tertiary/aromatic N) is 4. The van der Waals surface area contributed by atoms with Gasteiger partial charge in [0.1, 0.15) is 17.4 Å². The highest BCUT2D eigenvalue weighted by atomic mass is 15.0. The van der Waals surface area contributed by atoms with Gasteiger partial charge in [-0.05, 0) is 24.6 Å². The van der Waals surface area contributed by atoms with Crippen molar-refractivity contribution in [3.63, 3.8) is 0 Å². The molecule has 0 spiro atoms. The fourth-order valence-corrected chi connectivity index (χ4v) is 1.96. The molecule has 0 saturated carbocycles. The largest absolute Gasteiger partial charge is 0.382 e. The van der Waals surface area contributed by atoms with Gasteiger partial charge < -0.3 is 5.73 Å². The normalized spacial score (nSPS) is 10.4. The first-order valence-corrected chi connectivity index (χ1v) is 6.00. The fourth-order valence-electron chi connectivity index (χ4n) is 1.96. The molecular weight excluding hydrogens is 250 g/mol. The molecule has 2 heterocycles. The Hall–Kier alpha value is -3.00. The molecule has 0 aliphatic rings. The lowest BCUT2D eigenvalue weighted by Gasteiger charge is -2.06. The van der Waals surface area contributed by atoms with E-state index in [0.717, 1.165) is 16.7 Å². The number of aromatic nitrogens is 4. The Labute approximate surface area is 115 Å². The van der Waals surface area contributed by atoms with Crippen molar-refractivity contribution in [1.82, 2.24) is 19.9 Å². The van der Waals surface area contributed by atoms with Crippen LogP contribution >= 0.6 is 0 Å². The van der Waals surface area contributed by atoms with Crippen molar-refractivity contribution >= 4 is 16.9 Å². The molecule has 0 amide bonds. The van der Waals surface area contributed by atoms with Crippen LogP contribution in [0.15, 0.2) is 30.7 Å². The van der Waals surface area contributed by atoms with E-state index >= 15 is 0 Å². The van der Waals surface area contributed by atoms with Crippen molar-refractivity contribution in [3.05, 3.63) is 41.9 Å². The zero-order valence-electron chi connectivity index (χ0n) is 10.8. The van der Waals surface area contributed by atoms with Crippen LogP contribution in [0.5, 0.6) is 0 Å². The number of hydrogen-bond acceptors (Lipinski definition) is 5. The van der Waals surface area contributed by atoms with E-state index in [-0.39, 0.29) is 0 Å². The summed E-state index contributed by atoms with van der Waals surface area (Å²) < 4.78 is 0. The SMILES string of the molecule is C#Cc1ccc(C)c(-c2ncc3ncnc(N)c3n2)c1. The number of hydrogen-bond donors (Lipinski definition) is 1. The summed E-state index contributed by atoms with van der Waals surface area (Å²) in [6, 6.07) is 5.72. The van der Waals surface area contributed by atoms with Gasteiger partial charge in [-0.2, -0.15) is 0 Å². The Bertz CT molecular complexity index is 848. The summed E-state index contributed by atoms with van der Waals surface area (Å²) in [7, 11) is 0. The van der Waals surface area contributed by atoms with Crippen LogP contribution < -0.4 is 5.73 Å². The van der Waals surface area contributed by atoms with Gasteiger partial charge in [-0.25, -0.2) is 19.9 Å². The van der Waals surface area contributed by atoms with Gasteiger partial charge in [0.05, 0.1) is 6.20 Å². The van der Waals surface area contributed by atoms with E-state index in [1.807, 2.05) is 25.1 Å². The van der Waals surface area contributed by atoms with Crippen molar-refractivity contribution in [2.45, 2.75) is 6.92 Å². The summed E-state index contributed by atoms with van der Waals surface area (Å²) in [6.45, 7) is 1.98. The molecule has 3 aromatic rings. The van der Waals surface area contributed by atoms with E-state index in [1.54, 1.807) is 6.20 Å². The minimum atomic E-state index is 0.337. The summed E-state index contributed by atoms with van der Waals surface area (Å²) in [6.07, 6.45) is 8.46. The van der Waals surface area contributed by atoms with Gasteiger partial charge in [-0.15, -0.1) is 6.42 Å². The van der Waals surface area contributed by atoms with E-state index in [4.69, 9.17) is 12.2 Å².